The number of hydrogen-bond donors (Lipinski definition) is 1. The lowest BCUT2D eigenvalue weighted by molar-refractivity contribution is -0.118. The fraction of sp³-hybridized carbons (Fsp3) is 0.583. The van der Waals surface area contributed by atoms with Gasteiger partial charge in [-0.2, -0.15) is 5.10 Å². The van der Waals surface area contributed by atoms with Crippen molar-refractivity contribution in [3.8, 4) is 0 Å². The van der Waals surface area contributed by atoms with Gasteiger partial charge in [0, 0.05) is 6.54 Å². The average molecular weight is 237 g/mol. The molecule has 0 fully saturated rings. The van der Waals surface area contributed by atoms with Gasteiger partial charge in [-0.25, -0.2) is 0 Å². The number of nitrogens with zero attached hydrogens (tertiary/aromatic N) is 2. The van der Waals surface area contributed by atoms with E-state index < -0.39 is 6.04 Å². The van der Waals surface area contributed by atoms with Gasteiger partial charge >= 0.3 is 0 Å². The third kappa shape index (κ3) is 3.15. The molecule has 5 nitrogen and oxygen atoms in total. The monoisotopic (exact) mass is 237 g/mol. The first-order valence-electron chi connectivity index (χ1n) is 5.87. The molecule has 17 heavy (non-hydrogen) atoms. The van der Waals surface area contributed by atoms with Gasteiger partial charge in [0.2, 0.25) is 0 Å². The smallest absolute Gasteiger partial charge is 0.270 e. The Morgan fingerprint density at radius 3 is 2.59 bits per heavy atom. The largest absolute Gasteiger partial charge is 0.341 e. The van der Waals surface area contributed by atoms with Crippen molar-refractivity contribution in [3.05, 3.63) is 17.5 Å². The van der Waals surface area contributed by atoms with E-state index in [4.69, 9.17) is 0 Å². The van der Waals surface area contributed by atoms with Crippen molar-refractivity contribution in [2.24, 2.45) is 0 Å². The van der Waals surface area contributed by atoms with Crippen molar-refractivity contribution in [1.82, 2.24) is 15.1 Å². The minimum Gasteiger partial charge on any atom is -0.341 e. The second-order valence-corrected chi connectivity index (χ2v) is 4.00. The molecule has 1 atom stereocenters. The van der Waals surface area contributed by atoms with Crippen molar-refractivity contribution in [1.29, 1.82) is 0 Å². The van der Waals surface area contributed by atoms with E-state index in [1.807, 2.05) is 13.8 Å². The number of carbonyl (C=O) groups excluding carboxylic acids is 2. The van der Waals surface area contributed by atoms with E-state index in [0.29, 0.717) is 12.2 Å². The lowest BCUT2D eigenvalue weighted by Gasteiger charge is -2.10. The summed E-state index contributed by atoms with van der Waals surface area (Å²) in [4.78, 5) is 23.0. The first kappa shape index (κ1) is 13.4. The van der Waals surface area contributed by atoms with Crippen LogP contribution in [0.5, 0.6) is 0 Å². The van der Waals surface area contributed by atoms with Crippen LogP contribution in [0.4, 0.5) is 0 Å². The topological polar surface area (TPSA) is 64.0 Å². The third-order valence-corrected chi connectivity index (χ3v) is 2.68. The van der Waals surface area contributed by atoms with Crippen molar-refractivity contribution in [3.63, 3.8) is 0 Å². The highest BCUT2D eigenvalue weighted by molar-refractivity contribution is 5.96. The Morgan fingerprint density at radius 1 is 1.47 bits per heavy atom. The highest BCUT2D eigenvalue weighted by atomic mass is 16.2. The number of carbonyl (C=O) groups is 2. The highest BCUT2D eigenvalue weighted by Crippen LogP contribution is 2.06. The molecule has 5 heteroatoms. The summed E-state index contributed by atoms with van der Waals surface area (Å²) in [6.45, 7) is 7.68. The molecule has 0 aliphatic carbocycles. The first-order chi connectivity index (χ1) is 7.99. The standard InChI is InChI=1S/C12H19N3O2/c1-5-10-7-11(15(6-2)14-10)12(17)13-8(3)9(4)16/h7-8H,5-6H2,1-4H3,(H,13,17). The van der Waals surface area contributed by atoms with Crippen LogP contribution in [0.1, 0.15) is 43.9 Å². The molecular weight excluding hydrogens is 218 g/mol. The molecule has 1 aromatic heterocycles. The van der Waals surface area contributed by atoms with Crippen molar-refractivity contribution >= 4 is 11.7 Å². The second kappa shape index (κ2) is 5.61. The van der Waals surface area contributed by atoms with Crippen LogP contribution in [0.2, 0.25) is 0 Å². The molecule has 1 N–H and O–H groups in total. The van der Waals surface area contributed by atoms with Gasteiger partial charge in [-0.3, -0.25) is 14.3 Å². The summed E-state index contributed by atoms with van der Waals surface area (Å²) in [7, 11) is 0. The third-order valence-electron chi connectivity index (χ3n) is 2.68. The number of Topliss-reactive ketones (excluding diaryl/α,β-unsaturated/α-hetero) is 1. The van der Waals surface area contributed by atoms with Crippen molar-refractivity contribution in [2.75, 3.05) is 0 Å². The van der Waals surface area contributed by atoms with E-state index in [0.717, 1.165) is 12.1 Å². The number of aryl methyl sites for hydroxylation is 2. The predicted octanol–water partition coefficient (Wildman–Crippen LogP) is 1.17. The number of hydrogen-bond acceptors (Lipinski definition) is 3. The van der Waals surface area contributed by atoms with Gasteiger partial charge in [0.15, 0.2) is 5.78 Å². The molecule has 1 rings (SSSR count). The lowest BCUT2D eigenvalue weighted by atomic mass is 10.2. The Kier molecular flexibility index (Phi) is 4.43. The van der Waals surface area contributed by atoms with Gasteiger partial charge < -0.3 is 5.32 Å². The molecule has 1 heterocycles. The maximum Gasteiger partial charge on any atom is 0.270 e. The summed E-state index contributed by atoms with van der Waals surface area (Å²) in [5, 5.41) is 6.95. The van der Waals surface area contributed by atoms with Crippen LogP contribution in [0.15, 0.2) is 6.07 Å². The maximum absolute atomic E-state index is 11.9. The molecular formula is C12H19N3O2. The van der Waals surface area contributed by atoms with E-state index in [1.54, 1.807) is 17.7 Å². The number of ketones is 1. The SMILES string of the molecule is CCc1cc(C(=O)NC(C)C(C)=O)n(CC)n1. The average Bonchev–Trinajstić information content (AvgIpc) is 2.71. The van der Waals surface area contributed by atoms with Crippen LogP contribution in [0, 0.1) is 0 Å². The molecule has 0 spiro atoms. The van der Waals surface area contributed by atoms with E-state index in [1.165, 1.54) is 6.92 Å². The summed E-state index contributed by atoms with van der Waals surface area (Å²) in [5.74, 6) is -0.307. The Morgan fingerprint density at radius 2 is 2.12 bits per heavy atom. The molecule has 1 aromatic rings. The van der Waals surface area contributed by atoms with Gasteiger partial charge in [0.05, 0.1) is 11.7 Å². The molecule has 0 aliphatic rings. The Balaban J connectivity index is 2.87. The predicted molar refractivity (Wildman–Crippen MR) is 64.9 cm³/mol. The molecule has 1 amide bonds. The number of rotatable bonds is 5. The molecule has 0 bridgehead atoms. The normalized spacial score (nSPS) is 12.2. The number of aromatic nitrogens is 2. The lowest BCUT2D eigenvalue weighted by Crippen LogP contribution is -2.38. The Hall–Kier alpha value is -1.65. The summed E-state index contributed by atoms with van der Waals surface area (Å²) in [5.41, 5.74) is 1.39. The van der Waals surface area contributed by atoms with Crippen LogP contribution < -0.4 is 5.32 Å². The summed E-state index contributed by atoms with van der Waals surface area (Å²) in [6.07, 6.45) is 0.787. The summed E-state index contributed by atoms with van der Waals surface area (Å²) >= 11 is 0. The van der Waals surface area contributed by atoms with E-state index in [2.05, 4.69) is 10.4 Å². The minimum atomic E-state index is -0.465. The molecule has 1 unspecified atom stereocenters. The van der Waals surface area contributed by atoms with Crippen molar-refractivity contribution in [2.45, 2.75) is 46.7 Å². The van der Waals surface area contributed by atoms with Crippen LogP contribution in [-0.4, -0.2) is 27.5 Å². The molecule has 0 radical (unpaired) electrons. The number of amides is 1. The van der Waals surface area contributed by atoms with Gasteiger partial charge in [0.1, 0.15) is 5.69 Å². The maximum atomic E-state index is 11.9. The van der Waals surface area contributed by atoms with Gasteiger partial charge in [-0.15, -0.1) is 0 Å². The zero-order valence-corrected chi connectivity index (χ0v) is 10.8. The fourth-order valence-electron chi connectivity index (χ4n) is 1.44. The first-order valence-corrected chi connectivity index (χ1v) is 5.87. The minimum absolute atomic E-state index is 0.0587. The summed E-state index contributed by atoms with van der Waals surface area (Å²) < 4.78 is 1.65. The second-order valence-electron chi connectivity index (χ2n) is 4.00. The molecule has 0 aliphatic heterocycles. The summed E-state index contributed by atoms with van der Waals surface area (Å²) in [6, 6.07) is 1.30. The fourth-order valence-corrected chi connectivity index (χ4v) is 1.44. The van der Waals surface area contributed by atoms with E-state index >= 15 is 0 Å². The van der Waals surface area contributed by atoms with Gasteiger partial charge in [-0.05, 0) is 33.3 Å². The van der Waals surface area contributed by atoms with Crippen LogP contribution >= 0.6 is 0 Å². The Labute approximate surface area is 101 Å². The van der Waals surface area contributed by atoms with Crippen LogP contribution in [0.25, 0.3) is 0 Å². The van der Waals surface area contributed by atoms with Gasteiger partial charge in [0.25, 0.3) is 5.91 Å². The molecule has 0 saturated carbocycles. The van der Waals surface area contributed by atoms with Crippen LogP contribution in [-0.2, 0) is 17.8 Å². The zero-order chi connectivity index (χ0) is 13.0. The molecule has 94 valence electrons. The van der Waals surface area contributed by atoms with Gasteiger partial charge in [-0.1, -0.05) is 6.92 Å². The molecule has 0 aromatic carbocycles. The van der Waals surface area contributed by atoms with Crippen LogP contribution in [0.3, 0.4) is 0 Å². The van der Waals surface area contributed by atoms with E-state index in [9.17, 15) is 9.59 Å². The number of nitrogens with one attached hydrogen (secondary N) is 1. The molecule has 0 saturated heterocycles. The zero-order valence-electron chi connectivity index (χ0n) is 10.8. The quantitative estimate of drug-likeness (QED) is 0.836. The van der Waals surface area contributed by atoms with E-state index in [-0.39, 0.29) is 11.7 Å². The Bertz CT molecular complexity index is 423. The van der Waals surface area contributed by atoms with Crippen molar-refractivity contribution < 1.29 is 9.59 Å². The highest BCUT2D eigenvalue weighted by Gasteiger charge is 2.17.